The van der Waals surface area contributed by atoms with E-state index in [0.29, 0.717) is 28.7 Å². The summed E-state index contributed by atoms with van der Waals surface area (Å²) < 4.78 is 6.19. The molecule has 1 unspecified atom stereocenters. The molecule has 1 N–H and O–H groups in total. The number of amides is 2. The van der Waals surface area contributed by atoms with Crippen LogP contribution in [0, 0.1) is 12.8 Å². The molecular formula is C19H18BrClN2O3. The highest BCUT2D eigenvalue weighted by Crippen LogP contribution is 2.34. The van der Waals surface area contributed by atoms with Crippen molar-refractivity contribution in [2.75, 3.05) is 23.9 Å². The van der Waals surface area contributed by atoms with Gasteiger partial charge in [0, 0.05) is 17.4 Å². The number of nitrogens with zero attached hydrogens (tertiary/aromatic N) is 1. The SMILES string of the molecule is COc1ccc(C)cc1N1CC(C(=O)Nc2ccc(Br)cc2Cl)CC1=O. The smallest absolute Gasteiger partial charge is 0.229 e. The number of carbonyl (C=O) groups is 2. The summed E-state index contributed by atoms with van der Waals surface area (Å²) in [5, 5.41) is 3.25. The van der Waals surface area contributed by atoms with Gasteiger partial charge in [-0.15, -0.1) is 0 Å². The van der Waals surface area contributed by atoms with Crippen molar-refractivity contribution in [3.63, 3.8) is 0 Å². The molecule has 1 saturated heterocycles. The molecule has 0 radical (unpaired) electrons. The molecule has 0 saturated carbocycles. The summed E-state index contributed by atoms with van der Waals surface area (Å²) in [6, 6.07) is 10.9. The second-order valence-electron chi connectivity index (χ2n) is 6.19. The van der Waals surface area contributed by atoms with Gasteiger partial charge in [-0.05, 0) is 42.8 Å². The monoisotopic (exact) mass is 436 g/mol. The zero-order valence-electron chi connectivity index (χ0n) is 14.4. The lowest BCUT2D eigenvalue weighted by Crippen LogP contribution is -2.28. The maximum absolute atomic E-state index is 12.6. The first-order chi connectivity index (χ1) is 12.4. The number of hydrogen-bond donors (Lipinski definition) is 1. The van der Waals surface area contributed by atoms with Gasteiger partial charge in [0.25, 0.3) is 0 Å². The number of nitrogens with one attached hydrogen (secondary N) is 1. The maximum Gasteiger partial charge on any atom is 0.229 e. The van der Waals surface area contributed by atoms with Crippen molar-refractivity contribution in [1.82, 2.24) is 0 Å². The summed E-state index contributed by atoms with van der Waals surface area (Å²) in [6.07, 6.45) is 0.150. The second-order valence-corrected chi connectivity index (χ2v) is 7.52. The molecule has 0 spiro atoms. The van der Waals surface area contributed by atoms with E-state index >= 15 is 0 Å². The van der Waals surface area contributed by atoms with Crippen LogP contribution < -0.4 is 15.0 Å². The maximum atomic E-state index is 12.6. The van der Waals surface area contributed by atoms with Gasteiger partial charge in [-0.2, -0.15) is 0 Å². The third kappa shape index (κ3) is 3.86. The Bertz CT molecular complexity index is 872. The topological polar surface area (TPSA) is 58.6 Å². The summed E-state index contributed by atoms with van der Waals surface area (Å²) >= 11 is 9.48. The number of aryl methyl sites for hydroxylation is 1. The number of anilines is 2. The molecule has 5 nitrogen and oxygen atoms in total. The third-order valence-electron chi connectivity index (χ3n) is 4.31. The van der Waals surface area contributed by atoms with E-state index in [9.17, 15) is 9.59 Å². The highest BCUT2D eigenvalue weighted by Gasteiger charge is 2.36. The zero-order chi connectivity index (χ0) is 18.8. The first-order valence-corrected chi connectivity index (χ1v) is 9.27. The lowest BCUT2D eigenvalue weighted by molar-refractivity contribution is -0.122. The minimum Gasteiger partial charge on any atom is -0.495 e. The Morgan fingerprint density at radius 2 is 2.08 bits per heavy atom. The molecule has 0 aromatic heterocycles. The lowest BCUT2D eigenvalue weighted by atomic mass is 10.1. The van der Waals surface area contributed by atoms with Crippen LogP contribution in [0.15, 0.2) is 40.9 Å². The van der Waals surface area contributed by atoms with Crippen molar-refractivity contribution >= 4 is 50.7 Å². The first-order valence-electron chi connectivity index (χ1n) is 8.10. The van der Waals surface area contributed by atoms with Gasteiger partial charge in [-0.25, -0.2) is 0 Å². The van der Waals surface area contributed by atoms with Gasteiger partial charge in [-0.3, -0.25) is 9.59 Å². The van der Waals surface area contributed by atoms with Gasteiger partial charge < -0.3 is 15.0 Å². The normalized spacial score (nSPS) is 16.7. The molecule has 1 atom stereocenters. The molecule has 2 amide bonds. The van der Waals surface area contributed by atoms with Crippen LogP contribution in [0.2, 0.25) is 5.02 Å². The predicted octanol–water partition coefficient (Wildman–Crippen LogP) is 4.41. The summed E-state index contributed by atoms with van der Waals surface area (Å²) in [5.74, 6) is -0.166. The summed E-state index contributed by atoms with van der Waals surface area (Å²) in [7, 11) is 1.56. The lowest BCUT2D eigenvalue weighted by Gasteiger charge is -2.20. The fourth-order valence-corrected chi connectivity index (χ4v) is 3.67. The number of methoxy groups -OCH3 is 1. The van der Waals surface area contributed by atoms with Gasteiger partial charge in [0.15, 0.2) is 0 Å². The largest absolute Gasteiger partial charge is 0.495 e. The molecule has 2 aromatic carbocycles. The quantitative estimate of drug-likeness (QED) is 0.771. The Balaban J connectivity index is 1.77. The Morgan fingerprint density at radius 3 is 2.77 bits per heavy atom. The number of rotatable bonds is 4. The molecular weight excluding hydrogens is 420 g/mol. The second kappa shape index (κ2) is 7.68. The first kappa shape index (κ1) is 18.7. The van der Waals surface area contributed by atoms with Gasteiger partial charge in [0.2, 0.25) is 11.8 Å². The fraction of sp³-hybridized carbons (Fsp3) is 0.263. The van der Waals surface area contributed by atoms with E-state index in [4.69, 9.17) is 16.3 Å². The third-order valence-corrected chi connectivity index (χ3v) is 5.12. The van der Waals surface area contributed by atoms with Crippen LogP contribution in [0.4, 0.5) is 11.4 Å². The van der Waals surface area contributed by atoms with Gasteiger partial charge in [0.1, 0.15) is 5.75 Å². The van der Waals surface area contributed by atoms with E-state index in [2.05, 4.69) is 21.2 Å². The molecule has 7 heteroatoms. The zero-order valence-corrected chi connectivity index (χ0v) is 16.7. The Kier molecular flexibility index (Phi) is 5.53. The molecule has 2 aromatic rings. The van der Waals surface area contributed by atoms with Crippen LogP contribution in [0.5, 0.6) is 5.75 Å². The van der Waals surface area contributed by atoms with Crippen molar-refractivity contribution in [1.29, 1.82) is 0 Å². The van der Waals surface area contributed by atoms with E-state index < -0.39 is 5.92 Å². The van der Waals surface area contributed by atoms with Gasteiger partial charge in [0.05, 0.1) is 29.4 Å². The summed E-state index contributed by atoms with van der Waals surface area (Å²) in [5.41, 5.74) is 2.23. The van der Waals surface area contributed by atoms with Crippen LogP contribution in [-0.4, -0.2) is 25.5 Å². The van der Waals surface area contributed by atoms with Crippen molar-refractivity contribution in [3.05, 3.63) is 51.5 Å². The molecule has 136 valence electrons. The number of halogens is 2. The molecule has 3 rings (SSSR count). The number of carbonyl (C=O) groups excluding carboxylic acids is 2. The Labute approximate surface area is 165 Å². The summed E-state index contributed by atoms with van der Waals surface area (Å²) in [6.45, 7) is 2.25. The van der Waals surface area contributed by atoms with E-state index in [0.717, 1.165) is 10.0 Å². The van der Waals surface area contributed by atoms with Gasteiger partial charge >= 0.3 is 0 Å². The van der Waals surface area contributed by atoms with E-state index in [1.165, 1.54) is 0 Å². The number of benzene rings is 2. The van der Waals surface area contributed by atoms with Crippen LogP contribution in [0.25, 0.3) is 0 Å². The van der Waals surface area contributed by atoms with Crippen molar-refractivity contribution in [2.24, 2.45) is 5.92 Å². The van der Waals surface area contributed by atoms with Gasteiger partial charge in [-0.1, -0.05) is 33.6 Å². The summed E-state index contributed by atoms with van der Waals surface area (Å²) in [4.78, 5) is 26.7. The van der Waals surface area contributed by atoms with E-state index in [1.807, 2.05) is 25.1 Å². The minimum absolute atomic E-state index is 0.101. The molecule has 1 aliphatic rings. The van der Waals surface area contributed by atoms with Crippen molar-refractivity contribution in [2.45, 2.75) is 13.3 Å². The molecule has 1 heterocycles. The molecule has 0 bridgehead atoms. The van der Waals surface area contributed by atoms with Crippen LogP contribution in [0.3, 0.4) is 0 Å². The van der Waals surface area contributed by atoms with Crippen molar-refractivity contribution < 1.29 is 14.3 Å². The Morgan fingerprint density at radius 1 is 1.31 bits per heavy atom. The van der Waals surface area contributed by atoms with Crippen LogP contribution in [-0.2, 0) is 9.59 Å². The Hall–Kier alpha value is -2.05. The molecule has 1 aliphatic heterocycles. The van der Waals surface area contributed by atoms with E-state index in [1.54, 1.807) is 30.2 Å². The fourth-order valence-electron chi connectivity index (χ4n) is 2.95. The molecule has 26 heavy (non-hydrogen) atoms. The van der Waals surface area contributed by atoms with Crippen LogP contribution in [0.1, 0.15) is 12.0 Å². The van der Waals surface area contributed by atoms with E-state index in [-0.39, 0.29) is 18.2 Å². The minimum atomic E-state index is -0.451. The average Bonchev–Trinajstić information content (AvgIpc) is 2.99. The molecule has 1 fully saturated rings. The van der Waals surface area contributed by atoms with Crippen molar-refractivity contribution in [3.8, 4) is 5.75 Å². The average molecular weight is 438 g/mol. The highest BCUT2D eigenvalue weighted by atomic mass is 79.9. The predicted molar refractivity (Wildman–Crippen MR) is 106 cm³/mol. The number of hydrogen-bond acceptors (Lipinski definition) is 3. The number of ether oxygens (including phenoxy) is 1. The molecule has 0 aliphatic carbocycles. The van der Waals surface area contributed by atoms with Crippen LogP contribution >= 0.6 is 27.5 Å². The highest BCUT2D eigenvalue weighted by molar-refractivity contribution is 9.10. The standard InChI is InChI=1S/C19H18BrClN2O3/c1-11-3-6-17(26-2)16(7-11)23-10-12(8-18(23)24)19(25)22-15-5-4-13(20)9-14(15)21/h3-7,9,12H,8,10H2,1-2H3,(H,22,25).